The molecule has 2 aliphatic heterocycles. The molecule has 2 saturated heterocycles. The Balaban J connectivity index is 0.00000180. The summed E-state index contributed by atoms with van der Waals surface area (Å²) in [6.07, 6.45) is 4.76. The summed E-state index contributed by atoms with van der Waals surface area (Å²) >= 11 is 1.81. The van der Waals surface area contributed by atoms with E-state index in [4.69, 9.17) is 0 Å². The van der Waals surface area contributed by atoms with Gasteiger partial charge in [-0.05, 0) is 43.9 Å². The van der Waals surface area contributed by atoms with Crippen LogP contribution in [0, 0.1) is 5.92 Å². The average molecular weight is 307 g/mol. The van der Waals surface area contributed by atoms with Crippen LogP contribution < -0.4 is 5.32 Å². The fraction of sp³-hybridized carbons (Fsp3) is 0.929. The largest absolute Gasteiger partial charge is 0.335 e. The van der Waals surface area contributed by atoms with Crippen LogP contribution in [0.25, 0.3) is 0 Å². The molecule has 0 aliphatic carbocycles. The van der Waals surface area contributed by atoms with E-state index in [0.717, 1.165) is 31.2 Å². The molecule has 2 heterocycles. The monoisotopic (exact) mass is 306 g/mol. The number of halogens is 1. The average Bonchev–Trinajstić information content (AvgIpc) is 2.58. The number of fused-ring (bicyclic) bond motifs is 2. The summed E-state index contributed by atoms with van der Waals surface area (Å²) < 4.78 is 0. The van der Waals surface area contributed by atoms with Crippen molar-refractivity contribution in [1.29, 1.82) is 0 Å². The number of rotatable bonds is 5. The standard InChI is InChI=1S/C14H26N2OS.ClH/c1-11(2)6-8-18-10-14(17)16-12-3-4-13(16)9-15-7-5-12;/h11-13,15H,3-10H2,1-2H3;1H. The Morgan fingerprint density at radius 1 is 1.32 bits per heavy atom. The number of thioether (sulfide) groups is 1. The first kappa shape index (κ1) is 17.1. The molecule has 1 amide bonds. The van der Waals surface area contributed by atoms with Gasteiger partial charge in [0.15, 0.2) is 0 Å². The molecule has 1 N–H and O–H groups in total. The van der Waals surface area contributed by atoms with Crippen LogP contribution in [0.15, 0.2) is 0 Å². The molecule has 0 spiro atoms. The highest BCUT2D eigenvalue weighted by atomic mass is 35.5. The van der Waals surface area contributed by atoms with Crippen molar-refractivity contribution in [2.24, 2.45) is 5.92 Å². The molecule has 2 atom stereocenters. The maximum atomic E-state index is 12.3. The van der Waals surface area contributed by atoms with Crippen molar-refractivity contribution in [3.05, 3.63) is 0 Å². The van der Waals surface area contributed by atoms with Gasteiger partial charge in [-0.2, -0.15) is 11.8 Å². The van der Waals surface area contributed by atoms with Gasteiger partial charge in [0.1, 0.15) is 0 Å². The number of carbonyl (C=O) groups excluding carboxylic acids is 1. The van der Waals surface area contributed by atoms with Crippen molar-refractivity contribution in [1.82, 2.24) is 10.2 Å². The first-order valence-electron chi connectivity index (χ1n) is 7.28. The SMILES string of the molecule is CC(C)CCSCC(=O)N1C2CCNCC1CC2.Cl. The third-order valence-corrected chi connectivity index (χ3v) is 4.98. The lowest BCUT2D eigenvalue weighted by Gasteiger charge is -2.27. The van der Waals surface area contributed by atoms with Crippen LogP contribution in [0.5, 0.6) is 0 Å². The second kappa shape index (κ2) is 8.38. The number of hydrogen-bond donors (Lipinski definition) is 1. The van der Waals surface area contributed by atoms with Crippen LogP contribution in [-0.2, 0) is 4.79 Å². The molecule has 5 heteroatoms. The van der Waals surface area contributed by atoms with E-state index in [1.54, 1.807) is 0 Å². The lowest BCUT2D eigenvalue weighted by molar-refractivity contribution is -0.130. The predicted molar refractivity (Wildman–Crippen MR) is 85.2 cm³/mol. The van der Waals surface area contributed by atoms with E-state index in [0.29, 0.717) is 23.7 Å². The summed E-state index contributed by atoms with van der Waals surface area (Å²) in [6.45, 7) is 6.55. The first-order valence-corrected chi connectivity index (χ1v) is 8.43. The Morgan fingerprint density at radius 2 is 2.05 bits per heavy atom. The molecule has 0 radical (unpaired) electrons. The molecule has 19 heavy (non-hydrogen) atoms. The first-order chi connectivity index (χ1) is 8.68. The van der Waals surface area contributed by atoms with Crippen LogP contribution in [0.1, 0.15) is 39.5 Å². The molecule has 2 fully saturated rings. The van der Waals surface area contributed by atoms with Crippen LogP contribution in [-0.4, -0.2) is 47.5 Å². The Labute approximate surface area is 127 Å². The smallest absolute Gasteiger partial charge is 0.233 e. The molecular formula is C14H27ClN2OS. The van der Waals surface area contributed by atoms with Gasteiger partial charge < -0.3 is 10.2 Å². The minimum atomic E-state index is 0. The van der Waals surface area contributed by atoms with Crippen molar-refractivity contribution in [2.45, 2.75) is 51.6 Å². The van der Waals surface area contributed by atoms with Crippen LogP contribution in [0.3, 0.4) is 0 Å². The zero-order valence-corrected chi connectivity index (χ0v) is 13.7. The van der Waals surface area contributed by atoms with E-state index in [1.165, 1.54) is 19.3 Å². The molecule has 0 aromatic rings. The van der Waals surface area contributed by atoms with Crippen molar-refractivity contribution < 1.29 is 4.79 Å². The number of hydrogen-bond acceptors (Lipinski definition) is 3. The van der Waals surface area contributed by atoms with Gasteiger partial charge in [0, 0.05) is 18.6 Å². The van der Waals surface area contributed by atoms with Crippen molar-refractivity contribution >= 4 is 30.1 Å². The Morgan fingerprint density at radius 3 is 2.79 bits per heavy atom. The van der Waals surface area contributed by atoms with Crippen LogP contribution in [0.4, 0.5) is 0 Å². The zero-order chi connectivity index (χ0) is 13.0. The summed E-state index contributed by atoms with van der Waals surface area (Å²) in [5.74, 6) is 2.91. The number of carbonyl (C=O) groups is 1. The highest BCUT2D eigenvalue weighted by Crippen LogP contribution is 2.28. The van der Waals surface area contributed by atoms with Crippen LogP contribution in [0.2, 0.25) is 0 Å². The predicted octanol–water partition coefficient (Wildman–Crippen LogP) is 2.54. The summed E-state index contributed by atoms with van der Waals surface area (Å²) in [4.78, 5) is 14.5. The van der Waals surface area contributed by atoms with Gasteiger partial charge in [-0.25, -0.2) is 0 Å². The molecule has 3 nitrogen and oxygen atoms in total. The third-order valence-electron chi connectivity index (χ3n) is 4.01. The van der Waals surface area contributed by atoms with Gasteiger partial charge in [-0.1, -0.05) is 13.8 Å². The van der Waals surface area contributed by atoms with Gasteiger partial charge in [0.05, 0.1) is 5.75 Å². The zero-order valence-electron chi connectivity index (χ0n) is 12.1. The van der Waals surface area contributed by atoms with Gasteiger partial charge in [-0.15, -0.1) is 12.4 Å². The second-order valence-electron chi connectivity index (χ2n) is 5.91. The lowest BCUT2D eigenvalue weighted by atomic mass is 10.1. The summed E-state index contributed by atoms with van der Waals surface area (Å²) in [5, 5.41) is 3.45. The highest BCUT2D eigenvalue weighted by Gasteiger charge is 2.37. The molecule has 0 saturated carbocycles. The Bertz CT molecular complexity index is 275. The van der Waals surface area contributed by atoms with E-state index < -0.39 is 0 Å². The summed E-state index contributed by atoms with van der Waals surface area (Å²) in [7, 11) is 0. The third kappa shape index (κ3) is 4.83. The molecule has 2 rings (SSSR count). The van der Waals surface area contributed by atoms with E-state index in [9.17, 15) is 4.79 Å². The summed E-state index contributed by atoms with van der Waals surface area (Å²) in [5.41, 5.74) is 0. The van der Waals surface area contributed by atoms with Crippen LogP contribution >= 0.6 is 24.2 Å². The van der Waals surface area contributed by atoms with Crippen molar-refractivity contribution in [3.8, 4) is 0 Å². The number of amides is 1. The quantitative estimate of drug-likeness (QED) is 0.792. The van der Waals surface area contributed by atoms with Gasteiger partial charge >= 0.3 is 0 Å². The minimum Gasteiger partial charge on any atom is -0.335 e. The highest BCUT2D eigenvalue weighted by molar-refractivity contribution is 7.99. The second-order valence-corrected chi connectivity index (χ2v) is 7.02. The maximum absolute atomic E-state index is 12.3. The minimum absolute atomic E-state index is 0. The molecule has 2 bridgehead atoms. The van der Waals surface area contributed by atoms with Gasteiger partial charge in [-0.3, -0.25) is 4.79 Å². The van der Waals surface area contributed by atoms with E-state index in [-0.39, 0.29) is 12.4 Å². The molecule has 2 unspecified atom stereocenters. The molecular weight excluding hydrogens is 280 g/mol. The molecule has 0 aromatic heterocycles. The van der Waals surface area contributed by atoms with Gasteiger partial charge in [0.25, 0.3) is 0 Å². The Kier molecular flexibility index (Phi) is 7.55. The van der Waals surface area contributed by atoms with Crippen molar-refractivity contribution in [2.75, 3.05) is 24.6 Å². The Hall–Kier alpha value is 0.0700. The normalized spacial score (nSPS) is 26.2. The fourth-order valence-corrected chi connectivity index (χ4v) is 4.05. The molecule has 2 aliphatic rings. The van der Waals surface area contributed by atoms with E-state index >= 15 is 0 Å². The summed E-state index contributed by atoms with van der Waals surface area (Å²) in [6, 6.07) is 0.985. The topological polar surface area (TPSA) is 32.3 Å². The molecule has 0 aromatic carbocycles. The lowest BCUT2D eigenvalue weighted by Crippen LogP contribution is -2.43. The van der Waals surface area contributed by atoms with E-state index in [2.05, 4.69) is 24.1 Å². The fourth-order valence-electron chi connectivity index (χ4n) is 2.94. The van der Waals surface area contributed by atoms with E-state index in [1.807, 2.05) is 11.8 Å². The van der Waals surface area contributed by atoms with Crippen molar-refractivity contribution in [3.63, 3.8) is 0 Å². The maximum Gasteiger partial charge on any atom is 0.233 e. The molecule has 112 valence electrons. The number of nitrogens with one attached hydrogen (secondary N) is 1. The number of nitrogens with zero attached hydrogens (tertiary/aromatic N) is 1. The van der Waals surface area contributed by atoms with Gasteiger partial charge in [0.2, 0.25) is 5.91 Å².